The second-order valence-electron chi connectivity index (χ2n) is 6.27. The van der Waals surface area contributed by atoms with E-state index in [0.29, 0.717) is 6.42 Å². The van der Waals surface area contributed by atoms with E-state index in [1.165, 1.54) is 6.42 Å². The van der Waals surface area contributed by atoms with E-state index in [1.54, 1.807) is 0 Å². The lowest BCUT2D eigenvalue weighted by Crippen LogP contribution is -2.50. The lowest BCUT2D eigenvalue weighted by molar-refractivity contribution is -0.129. The molecule has 4 N–H and O–H groups in total. The molecule has 0 radical (unpaired) electrons. The zero-order valence-electron chi connectivity index (χ0n) is 13.0. The number of carbonyl (C=O) groups excluding carboxylic acids is 2. The summed E-state index contributed by atoms with van der Waals surface area (Å²) in [5.41, 5.74) is 0. The molecule has 1 saturated carbocycles. The molecular weight excluding hydrogens is 271 g/mol. The fraction of sp³-hybridized carbons (Fsp3) is 0.857. The molecule has 0 aromatic rings. The van der Waals surface area contributed by atoms with Crippen LogP contribution >= 0.6 is 0 Å². The van der Waals surface area contributed by atoms with Crippen molar-refractivity contribution in [1.82, 2.24) is 10.6 Å². The van der Waals surface area contributed by atoms with Crippen molar-refractivity contribution in [2.75, 3.05) is 6.54 Å². The number of rotatable bonds is 7. The molecule has 0 heterocycles. The van der Waals surface area contributed by atoms with Gasteiger partial charge in [0.15, 0.2) is 0 Å². The first-order chi connectivity index (χ1) is 9.90. The van der Waals surface area contributed by atoms with Crippen LogP contribution in [-0.4, -0.2) is 41.5 Å². The van der Waals surface area contributed by atoms with Crippen molar-refractivity contribution in [3.8, 4) is 0 Å². The molecule has 0 aromatic carbocycles. The van der Waals surface area contributed by atoms with Gasteiger partial charge in [0.05, 0.1) is 12.5 Å². The molecular formula is C14H27BN2O4. The molecule has 0 bridgehead atoms. The molecule has 1 atom stereocenters. The zero-order valence-corrected chi connectivity index (χ0v) is 13.0. The number of amides is 2. The number of hydrogen-bond acceptors (Lipinski definition) is 4. The normalized spacial score (nSPS) is 17.4. The van der Waals surface area contributed by atoms with Gasteiger partial charge in [0.1, 0.15) is 0 Å². The third-order valence-electron chi connectivity index (χ3n) is 3.83. The fourth-order valence-corrected chi connectivity index (χ4v) is 2.70. The topological polar surface area (TPSA) is 98.7 Å². The highest BCUT2D eigenvalue weighted by molar-refractivity contribution is 6.43. The van der Waals surface area contributed by atoms with Crippen LogP contribution in [0.15, 0.2) is 0 Å². The molecule has 21 heavy (non-hydrogen) atoms. The first-order valence-corrected chi connectivity index (χ1v) is 7.83. The molecule has 120 valence electrons. The molecule has 1 unspecified atom stereocenters. The van der Waals surface area contributed by atoms with E-state index in [1.807, 2.05) is 13.8 Å². The molecule has 2 amide bonds. The van der Waals surface area contributed by atoms with Gasteiger partial charge in [-0.25, -0.2) is 0 Å². The Bertz CT molecular complexity index is 344. The maximum Gasteiger partial charge on any atom is 0.475 e. The molecule has 0 aliphatic heterocycles. The lowest BCUT2D eigenvalue weighted by Gasteiger charge is -2.22. The zero-order chi connectivity index (χ0) is 15.8. The van der Waals surface area contributed by atoms with E-state index in [0.717, 1.165) is 25.7 Å². The highest BCUT2D eigenvalue weighted by Crippen LogP contribution is 2.23. The molecule has 7 heteroatoms. The average Bonchev–Trinajstić information content (AvgIpc) is 2.44. The molecule has 1 rings (SSSR count). The van der Waals surface area contributed by atoms with Crippen molar-refractivity contribution in [2.45, 2.75) is 58.3 Å². The van der Waals surface area contributed by atoms with Gasteiger partial charge >= 0.3 is 7.12 Å². The van der Waals surface area contributed by atoms with Crippen LogP contribution in [0.5, 0.6) is 0 Å². The van der Waals surface area contributed by atoms with Gasteiger partial charge in [-0.1, -0.05) is 33.1 Å². The standard InChI is InChI=1S/C14H27BN2O4/c1-10(2)8-12(15(20)21)17-13(18)9-16-14(19)11-6-4-3-5-7-11/h10-12,20-21H,3-9H2,1-2H3,(H,16,19)(H,17,18). The summed E-state index contributed by atoms with van der Waals surface area (Å²) in [6.07, 6.45) is 5.56. The SMILES string of the molecule is CC(C)CC(NC(=O)CNC(=O)C1CCCCC1)B(O)O. The van der Waals surface area contributed by atoms with E-state index < -0.39 is 19.0 Å². The summed E-state index contributed by atoms with van der Waals surface area (Å²) in [5.74, 6) is -0.924. The molecule has 0 spiro atoms. The second-order valence-corrected chi connectivity index (χ2v) is 6.27. The van der Waals surface area contributed by atoms with Gasteiger partial charge in [-0.2, -0.15) is 0 Å². The molecule has 1 fully saturated rings. The molecule has 6 nitrogen and oxygen atoms in total. The third kappa shape index (κ3) is 6.95. The van der Waals surface area contributed by atoms with E-state index in [-0.39, 0.29) is 24.3 Å². The van der Waals surface area contributed by atoms with Crippen LogP contribution in [0.1, 0.15) is 52.4 Å². The maximum atomic E-state index is 11.9. The van der Waals surface area contributed by atoms with E-state index >= 15 is 0 Å². The third-order valence-corrected chi connectivity index (χ3v) is 3.83. The predicted molar refractivity (Wildman–Crippen MR) is 81.2 cm³/mol. The molecule has 0 saturated heterocycles. The van der Waals surface area contributed by atoms with Crippen molar-refractivity contribution in [3.63, 3.8) is 0 Å². The summed E-state index contributed by atoms with van der Waals surface area (Å²) in [7, 11) is -1.59. The largest absolute Gasteiger partial charge is 0.475 e. The Balaban J connectivity index is 2.33. The lowest BCUT2D eigenvalue weighted by atomic mass is 9.75. The highest BCUT2D eigenvalue weighted by atomic mass is 16.4. The summed E-state index contributed by atoms with van der Waals surface area (Å²) in [6.45, 7) is 3.76. The van der Waals surface area contributed by atoms with Gasteiger partial charge in [-0.3, -0.25) is 9.59 Å². The summed E-state index contributed by atoms with van der Waals surface area (Å²) in [6, 6.07) is 0. The van der Waals surface area contributed by atoms with Gasteiger partial charge < -0.3 is 20.7 Å². The highest BCUT2D eigenvalue weighted by Gasteiger charge is 2.26. The maximum absolute atomic E-state index is 11.9. The summed E-state index contributed by atoms with van der Waals surface area (Å²) in [4.78, 5) is 23.7. The van der Waals surface area contributed by atoms with Gasteiger partial charge in [0.25, 0.3) is 0 Å². The Morgan fingerprint density at radius 3 is 2.33 bits per heavy atom. The Morgan fingerprint density at radius 1 is 1.19 bits per heavy atom. The van der Waals surface area contributed by atoms with Crippen LogP contribution in [0.25, 0.3) is 0 Å². The van der Waals surface area contributed by atoms with Crippen LogP contribution in [-0.2, 0) is 9.59 Å². The van der Waals surface area contributed by atoms with Crippen molar-refractivity contribution < 1.29 is 19.6 Å². The molecule has 1 aliphatic rings. The summed E-state index contributed by atoms with van der Waals surface area (Å²) < 4.78 is 0. The fourth-order valence-electron chi connectivity index (χ4n) is 2.70. The first kappa shape index (κ1) is 18.0. The van der Waals surface area contributed by atoms with Crippen LogP contribution in [0, 0.1) is 11.8 Å². The van der Waals surface area contributed by atoms with Gasteiger partial charge in [-0.15, -0.1) is 0 Å². The second kappa shape index (κ2) is 9.05. The minimum absolute atomic E-state index is 0.0152. The Morgan fingerprint density at radius 2 is 1.81 bits per heavy atom. The minimum atomic E-state index is -1.59. The van der Waals surface area contributed by atoms with Crippen LogP contribution in [0.4, 0.5) is 0 Å². The van der Waals surface area contributed by atoms with Gasteiger partial charge in [0.2, 0.25) is 11.8 Å². The van der Waals surface area contributed by atoms with Crippen molar-refractivity contribution in [3.05, 3.63) is 0 Å². The minimum Gasteiger partial charge on any atom is -0.426 e. The Kier molecular flexibility index (Phi) is 7.74. The Labute approximate surface area is 126 Å². The van der Waals surface area contributed by atoms with Crippen molar-refractivity contribution >= 4 is 18.9 Å². The predicted octanol–water partition coefficient (Wildman–Crippen LogP) is 0.226. The van der Waals surface area contributed by atoms with Gasteiger partial charge in [0, 0.05) is 5.92 Å². The van der Waals surface area contributed by atoms with E-state index in [2.05, 4.69) is 10.6 Å². The summed E-state index contributed by atoms with van der Waals surface area (Å²) in [5, 5.41) is 23.7. The van der Waals surface area contributed by atoms with Crippen LogP contribution in [0.2, 0.25) is 0 Å². The number of hydrogen-bond donors (Lipinski definition) is 4. The quantitative estimate of drug-likeness (QED) is 0.505. The Hall–Kier alpha value is -1.08. The number of nitrogens with one attached hydrogen (secondary N) is 2. The van der Waals surface area contributed by atoms with Crippen molar-refractivity contribution in [2.24, 2.45) is 11.8 Å². The first-order valence-electron chi connectivity index (χ1n) is 7.83. The van der Waals surface area contributed by atoms with Crippen molar-refractivity contribution in [1.29, 1.82) is 0 Å². The monoisotopic (exact) mass is 298 g/mol. The summed E-state index contributed by atoms with van der Waals surface area (Å²) >= 11 is 0. The average molecular weight is 298 g/mol. The molecule has 1 aliphatic carbocycles. The van der Waals surface area contributed by atoms with Crippen LogP contribution in [0.3, 0.4) is 0 Å². The number of carbonyl (C=O) groups is 2. The van der Waals surface area contributed by atoms with Gasteiger partial charge in [-0.05, 0) is 25.2 Å². The van der Waals surface area contributed by atoms with E-state index in [9.17, 15) is 19.6 Å². The van der Waals surface area contributed by atoms with Crippen LogP contribution < -0.4 is 10.6 Å². The smallest absolute Gasteiger partial charge is 0.426 e. The van der Waals surface area contributed by atoms with E-state index in [4.69, 9.17) is 0 Å². The molecule has 0 aromatic heterocycles.